The van der Waals surface area contributed by atoms with E-state index in [4.69, 9.17) is 26.4 Å². The average Bonchev–Trinajstić information content (AvgIpc) is 3.16. The van der Waals surface area contributed by atoms with Crippen LogP contribution < -0.4 is 5.32 Å². The van der Waals surface area contributed by atoms with Crippen LogP contribution in [-0.2, 0) is 6.61 Å². The lowest BCUT2D eigenvalue weighted by molar-refractivity contribution is 0.160. The van der Waals surface area contributed by atoms with Crippen molar-refractivity contribution < 1.29 is 14.6 Å². The van der Waals surface area contributed by atoms with Crippen LogP contribution in [0.1, 0.15) is 30.0 Å². The Hall–Kier alpha value is -2.92. The summed E-state index contributed by atoms with van der Waals surface area (Å²) in [5.74, 6) is 0.520. The van der Waals surface area contributed by atoms with E-state index >= 15 is 0 Å². The zero-order valence-corrected chi connectivity index (χ0v) is 15.2. The van der Waals surface area contributed by atoms with E-state index in [0.717, 1.165) is 5.56 Å². The summed E-state index contributed by atoms with van der Waals surface area (Å²) in [6.07, 6.45) is -0.829. The molecular weight excluding hydrogens is 368 g/mol. The molecule has 138 valence electrons. The van der Waals surface area contributed by atoms with Crippen LogP contribution in [0.4, 0.5) is 5.69 Å². The lowest BCUT2D eigenvalue weighted by Crippen LogP contribution is -2.23. The molecule has 2 aromatic carbocycles. The second-order valence-corrected chi connectivity index (χ2v) is 6.38. The van der Waals surface area contributed by atoms with Crippen molar-refractivity contribution in [1.82, 2.24) is 10.2 Å². The normalized spacial score (nSPS) is 13.0. The predicted molar refractivity (Wildman–Crippen MR) is 99.9 cm³/mol. The summed E-state index contributed by atoms with van der Waals surface area (Å²) in [5, 5.41) is 39.7. The number of hydrogen-bond donors (Lipinski definition) is 3. The van der Waals surface area contributed by atoms with E-state index in [1.54, 1.807) is 49.4 Å². The molecule has 1 aromatic heterocycles. The summed E-state index contributed by atoms with van der Waals surface area (Å²) >= 11 is 6.05. The van der Waals surface area contributed by atoms with Gasteiger partial charge in [-0.2, -0.15) is 5.26 Å². The van der Waals surface area contributed by atoms with Gasteiger partial charge in [-0.05, 0) is 42.8 Å². The maximum Gasteiger partial charge on any atom is 0.247 e. The van der Waals surface area contributed by atoms with Crippen LogP contribution in [0.25, 0.3) is 11.5 Å². The molecule has 2 unspecified atom stereocenters. The zero-order valence-electron chi connectivity index (χ0n) is 14.4. The van der Waals surface area contributed by atoms with Gasteiger partial charge in [-0.1, -0.05) is 23.7 Å². The SMILES string of the molecule is CC(O)C(Nc1ccc(C#N)c(Cl)c1)c1nnc(-c2ccc(CO)cc2)o1. The molecule has 7 nitrogen and oxygen atoms in total. The summed E-state index contributed by atoms with van der Waals surface area (Å²) in [4.78, 5) is 0. The van der Waals surface area contributed by atoms with Crippen LogP contribution in [-0.4, -0.2) is 26.5 Å². The highest BCUT2D eigenvalue weighted by molar-refractivity contribution is 6.32. The van der Waals surface area contributed by atoms with Crippen molar-refractivity contribution in [3.05, 3.63) is 64.5 Å². The number of rotatable bonds is 6. The van der Waals surface area contributed by atoms with Gasteiger partial charge in [-0.3, -0.25) is 0 Å². The smallest absolute Gasteiger partial charge is 0.247 e. The third kappa shape index (κ3) is 4.26. The van der Waals surface area contributed by atoms with Crippen molar-refractivity contribution in [3.63, 3.8) is 0 Å². The third-order valence-electron chi connectivity index (χ3n) is 3.98. The van der Waals surface area contributed by atoms with Crippen LogP contribution in [0.15, 0.2) is 46.9 Å². The second-order valence-electron chi connectivity index (χ2n) is 5.97. The maximum atomic E-state index is 10.1. The molecule has 0 saturated carbocycles. The maximum absolute atomic E-state index is 10.1. The minimum absolute atomic E-state index is 0.0451. The van der Waals surface area contributed by atoms with Crippen molar-refractivity contribution in [3.8, 4) is 17.5 Å². The number of nitrogens with one attached hydrogen (secondary N) is 1. The zero-order chi connectivity index (χ0) is 19.4. The van der Waals surface area contributed by atoms with Gasteiger partial charge < -0.3 is 19.9 Å². The molecule has 27 heavy (non-hydrogen) atoms. The Kier molecular flexibility index (Phi) is 5.72. The minimum Gasteiger partial charge on any atom is -0.418 e. The molecule has 3 aromatic rings. The number of aromatic nitrogens is 2. The van der Waals surface area contributed by atoms with Crippen molar-refractivity contribution in [2.24, 2.45) is 0 Å². The van der Waals surface area contributed by atoms with Crippen LogP contribution in [0.3, 0.4) is 0 Å². The number of aliphatic hydroxyl groups excluding tert-OH is 2. The van der Waals surface area contributed by atoms with E-state index in [9.17, 15) is 5.11 Å². The first-order valence-corrected chi connectivity index (χ1v) is 8.57. The summed E-state index contributed by atoms with van der Waals surface area (Å²) < 4.78 is 5.72. The number of anilines is 1. The second kappa shape index (κ2) is 8.18. The summed E-state index contributed by atoms with van der Waals surface area (Å²) in [6.45, 7) is 1.55. The Morgan fingerprint density at radius 3 is 2.56 bits per heavy atom. The summed E-state index contributed by atoms with van der Waals surface area (Å²) in [6, 6.07) is 13.3. The third-order valence-corrected chi connectivity index (χ3v) is 4.30. The Labute approximate surface area is 160 Å². The van der Waals surface area contributed by atoms with Gasteiger partial charge in [0, 0.05) is 11.3 Å². The van der Waals surface area contributed by atoms with Gasteiger partial charge in [-0.25, -0.2) is 0 Å². The first-order chi connectivity index (χ1) is 13.0. The fraction of sp³-hybridized carbons (Fsp3) is 0.211. The molecule has 3 N–H and O–H groups in total. The number of nitrogens with zero attached hydrogens (tertiary/aromatic N) is 3. The Morgan fingerprint density at radius 1 is 1.22 bits per heavy atom. The van der Waals surface area contributed by atoms with Gasteiger partial charge in [0.05, 0.1) is 23.3 Å². The van der Waals surface area contributed by atoms with E-state index in [1.807, 2.05) is 6.07 Å². The molecule has 0 radical (unpaired) electrons. The summed E-state index contributed by atoms with van der Waals surface area (Å²) in [5.41, 5.74) is 2.45. The van der Waals surface area contributed by atoms with Gasteiger partial charge in [0.15, 0.2) is 0 Å². The fourth-order valence-corrected chi connectivity index (χ4v) is 2.72. The number of nitriles is 1. The molecule has 0 bridgehead atoms. The van der Waals surface area contributed by atoms with Gasteiger partial charge in [0.2, 0.25) is 11.8 Å². The van der Waals surface area contributed by atoms with E-state index in [-0.39, 0.29) is 12.5 Å². The largest absolute Gasteiger partial charge is 0.418 e. The first kappa shape index (κ1) is 18.9. The molecule has 8 heteroatoms. The van der Waals surface area contributed by atoms with Crippen molar-refractivity contribution >= 4 is 17.3 Å². The minimum atomic E-state index is -0.829. The standard InChI is InChI=1S/C19H17ClN4O3/c1-11(26)17(22-15-7-6-14(9-21)16(20)8-15)19-24-23-18(27-19)13-4-2-12(10-25)3-5-13/h2-8,11,17,22,25-26H,10H2,1H3. The van der Waals surface area contributed by atoms with E-state index in [2.05, 4.69) is 15.5 Å². The van der Waals surface area contributed by atoms with Crippen LogP contribution >= 0.6 is 11.6 Å². The van der Waals surface area contributed by atoms with Crippen LogP contribution in [0.2, 0.25) is 5.02 Å². The van der Waals surface area contributed by atoms with Crippen molar-refractivity contribution in [1.29, 1.82) is 5.26 Å². The van der Waals surface area contributed by atoms with Gasteiger partial charge in [-0.15, -0.1) is 10.2 Å². The van der Waals surface area contributed by atoms with Gasteiger partial charge in [0.25, 0.3) is 0 Å². The van der Waals surface area contributed by atoms with Crippen LogP contribution in [0.5, 0.6) is 0 Å². The lowest BCUT2D eigenvalue weighted by atomic mass is 10.1. The number of hydrogen-bond acceptors (Lipinski definition) is 7. The van der Waals surface area contributed by atoms with Gasteiger partial charge in [0.1, 0.15) is 12.1 Å². The molecule has 0 saturated heterocycles. The number of halogens is 1. The van der Waals surface area contributed by atoms with Crippen molar-refractivity contribution in [2.45, 2.75) is 25.7 Å². The lowest BCUT2D eigenvalue weighted by Gasteiger charge is -2.19. The molecule has 1 heterocycles. The molecule has 2 atom stereocenters. The quantitative estimate of drug-likeness (QED) is 0.597. The molecule has 0 fully saturated rings. The summed E-state index contributed by atoms with van der Waals surface area (Å²) in [7, 11) is 0. The fourth-order valence-electron chi connectivity index (χ4n) is 2.49. The molecule has 3 rings (SSSR count). The molecule has 0 aliphatic heterocycles. The highest BCUT2D eigenvalue weighted by Gasteiger charge is 2.24. The number of aliphatic hydroxyl groups is 2. The van der Waals surface area contributed by atoms with E-state index in [0.29, 0.717) is 27.7 Å². The van der Waals surface area contributed by atoms with E-state index < -0.39 is 12.1 Å². The topological polar surface area (TPSA) is 115 Å². The average molecular weight is 385 g/mol. The van der Waals surface area contributed by atoms with E-state index in [1.165, 1.54) is 0 Å². The predicted octanol–water partition coefficient (Wildman–Crippen LogP) is 3.29. The van der Waals surface area contributed by atoms with Crippen LogP contribution in [0, 0.1) is 11.3 Å². The number of benzene rings is 2. The molecule has 0 aliphatic carbocycles. The molecular formula is C19H17ClN4O3. The highest BCUT2D eigenvalue weighted by Crippen LogP contribution is 2.28. The highest BCUT2D eigenvalue weighted by atomic mass is 35.5. The first-order valence-electron chi connectivity index (χ1n) is 8.19. The Bertz CT molecular complexity index is 964. The molecule has 0 aliphatic rings. The molecule has 0 spiro atoms. The molecule has 0 amide bonds. The van der Waals surface area contributed by atoms with Gasteiger partial charge >= 0.3 is 0 Å². The van der Waals surface area contributed by atoms with Crippen molar-refractivity contribution in [2.75, 3.05) is 5.32 Å². The Morgan fingerprint density at radius 2 is 1.96 bits per heavy atom. The Balaban J connectivity index is 1.84. The monoisotopic (exact) mass is 384 g/mol.